The molecule has 0 fully saturated rings. The zero-order valence-corrected chi connectivity index (χ0v) is 15.9. The number of rotatable bonds is 5. The highest BCUT2D eigenvalue weighted by molar-refractivity contribution is 7.92. The number of nitrogens with one attached hydrogen (secondary N) is 1. The molecule has 0 saturated heterocycles. The zero-order valence-electron chi connectivity index (χ0n) is 14.4. The van der Waals surface area contributed by atoms with Gasteiger partial charge in [-0.25, -0.2) is 22.0 Å². The van der Waals surface area contributed by atoms with E-state index < -0.39 is 54.5 Å². The molecule has 6 nitrogen and oxygen atoms in total. The largest absolute Gasteiger partial charge is 0.505 e. The van der Waals surface area contributed by atoms with Gasteiger partial charge in [0.25, 0.3) is 10.0 Å². The third kappa shape index (κ3) is 4.15. The normalized spacial score (nSPS) is 11.3. The molecule has 10 heteroatoms. The highest BCUT2D eigenvalue weighted by Gasteiger charge is 2.25. The molecule has 3 aromatic carbocycles. The number of phenols is 1. The van der Waals surface area contributed by atoms with E-state index in [0.29, 0.717) is 11.6 Å². The molecule has 3 rings (SSSR count). The van der Waals surface area contributed by atoms with Crippen LogP contribution in [0.1, 0.15) is 10.4 Å². The third-order valence-electron chi connectivity index (χ3n) is 3.94. The first-order valence-electron chi connectivity index (χ1n) is 7.93. The lowest BCUT2D eigenvalue weighted by molar-refractivity contribution is 0.0696. The van der Waals surface area contributed by atoms with E-state index in [1.54, 1.807) is 30.3 Å². The number of hydrogen-bond acceptors (Lipinski definition) is 4. The molecule has 0 aliphatic heterocycles. The minimum Gasteiger partial charge on any atom is -0.505 e. The monoisotopic (exact) mass is 439 g/mol. The molecule has 0 aliphatic carbocycles. The molecular formula is C19H12ClF2NO5S. The number of benzene rings is 3. The molecule has 0 aromatic heterocycles. The van der Waals surface area contributed by atoms with E-state index in [-0.39, 0.29) is 5.56 Å². The SMILES string of the molecule is O=C(O)c1cc(Cl)c(O)c(S(=O)(=O)Nc2cc(-c3ccccc3)cc(F)c2F)c1. The molecule has 0 heterocycles. The Morgan fingerprint density at radius 1 is 1.00 bits per heavy atom. The van der Waals surface area contributed by atoms with E-state index in [1.165, 1.54) is 0 Å². The van der Waals surface area contributed by atoms with Crippen molar-refractivity contribution in [1.82, 2.24) is 0 Å². The number of phenolic OH excluding ortho intramolecular Hbond substituents is 1. The average molecular weight is 440 g/mol. The van der Waals surface area contributed by atoms with Crippen molar-refractivity contribution >= 4 is 33.3 Å². The van der Waals surface area contributed by atoms with Crippen molar-refractivity contribution < 1.29 is 32.2 Å². The summed E-state index contributed by atoms with van der Waals surface area (Å²) >= 11 is 5.69. The Kier molecular flexibility index (Phi) is 5.45. The fourth-order valence-corrected chi connectivity index (χ4v) is 4.03. The third-order valence-corrected chi connectivity index (χ3v) is 5.61. The molecule has 3 aromatic rings. The Labute approximate surface area is 169 Å². The number of carbonyl (C=O) groups is 1. The van der Waals surface area contributed by atoms with Gasteiger partial charge in [-0.2, -0.15) is 0 Å². The van der Waals surface area contributed by atoms with Crippen LogP contribution in [0.2, 0.25) is 5.02 Å². The van der Waals surface area contributed by atoms with Crippen LogP contribution in [-0.2, 0) is 10.0 Å². The maximum atomic E-state index is 14.2. The smallest absolute Gasteiger partial charge is 0.335 e. The number of halogens is 3. The Hall–Kier alpha value is -3.17. The van der Waals surface area contributed by atoms with Crippen molar-refractivity contribution in [3.8, 4) is 16.9 Å². The van der Waals surface area contributed by atoms with Gasteiger partial charge in [-0.05, 0) is 35.4 Å². The Morgan fingerprint density at radius 3 is 2.28 bits per heavy atom. The minimum absolute atomic E-state index is 0.198. The summed E-state index contributed by atoms with van der Waals surface area (Å²) < 4.78 is 55.4. The van der Waals surface area contributed by atoms with Gasteiger partial charge in [-0.1, -0.05) is 41.9 Å². The fourth-order valence-electron chi connectivity index (χ4n) is 2.56. The average Bonchev–Trinajstić information content (AvgIpc) is 2.67. The van der Waals surface area contributed by atoms with Crippen LogP contribution in [0.4, 0.5) is 14.5 Å². The summed E-state index contributed by atoms with van der Waals surface area (Å²) in [5, 5.41) is 18.5. The second-order valence-corrected chi connectivity index (χ2v) is 7.96. The van der Waals surface area contributed by atoms with Crippen molar-refractivity contribution in [1.29, 1.82) is 0 Å². The molecule has 0 amide bonds. The number of carboxylic acids is 1. The highest BCUT2D eigenvalue weighted by Crippen LogP contribution is 2.35. The van der Waals surface area contributed by atoms with Crippen LogP contribution in [0.3, 0.4) is 0 Å². The second kappa shape index (κ2) is 7.69. The molecule has 0 atom stereocenters. The topological polar surface area (TPSA) is 104 Å². The lowest BCUT2D eigenvalue weighted by atomic mass is 10.0. The van der Waals surface area contributed by atoms with E-state index >= 15 is 0 Å². The van der Waals surface area contributed by atoms with Crippen LogP contribution < -0.4 is 4.72 Å². The minimum atomic E-state index is -4.72. The summed E-state index contributed by atoms with van der Waals surface area (Å²) in [4.78, 5) is 10.2. The Balaban J connectivity index is 2.10. The number of aromatic carboxylic acids is 1. The number of aromatic hydroxyl groups is 1. The van der Waals surface area contributed by atoms with Crippen molar-refractivity contribution in [2.24, 2.45) is 0 Å². The van der Waals surface area contributed by atoms with Crippen LogP contribution in [0.15, 0.2) is 59.5 Å². The van der Waals surface area contributed by atoms with E-state index in [2.05, 4.69) is 0 Å². The van der Waals surface area contributed by atoms with Gasteiger partial charge >= 0.3 is 5.97 Å². The Bertz CT molecular complexity index is 1220. The molecule has 29 heavy (non-hydrogen) atoms. The van der Waals surface area contributed by atoms with Crippen molar-refractivity contribution in [2.75, 3.05) is 4.72 Å². The van der Waals surface area contributed by atoms with Gasteiger partial charge in [-0.15, -0.1) is 0 Å². The quantitative estimate of drug-likeness (QED) is 0.543. The molecule has 3 N–H and O–H groups in total. The number of carboxylic acid groups (broad SMARTS) is 1. The first-order chi connectivity index (χ1) is 13.6. The van der Waals surface area contributed by atoms with Crippen LogP contribution in [0.5, 0.6) is 5.75 Å². The van der Waals surface area contributed by atoms with Gasteiger partial charge in [0, 0.05) is 0 Å². The summed E-state index contributed by atoms with van der Waals surface area (Å²) in [5.41, 5.74) is -0.535. The van der Waals surface area contributed by atoms with Gasteiger partial charge in [0.15, 0.2) is 17.4 Å². The maximum absolute atomic E-state index is 14.2. The number of sulfonamides is 1. The van der Waals surface area contributed by atoms with Crippen LogP contribution >= 0.6 is 11.6 Å². The standard InChI is InChI=1S/C19H12ClF2NO5S/c20-13-6-12(19(25)26)9-16(18(13)24)29(27,28)23-15-8-11(7-14(21)17(15)22)10-4-2-1-3-5-10/h1-9,23-24H,(H,25,26). The summed E-state index contributed by atoms with van der Waals surface area (Å²) in [7, 11) is -4.72. The zero-order chi connectivity index (χ0) is 21.3. The van der Waals surface area contributed by atoms with Gasteiger partial charge in [0.05, 0.1) is 16.3 Å². The van der Waals surface area contributed by atoms with E-state index in [0.717, 1.165) is 18.2 Å². The lowest BCUT2D eigenvalue weighted by Crippen LogP contribution is -2.16. The van der Waals surface area contributed by atoms with Crippen LogP contribution in [0.25, 0.3) is 11.1 Å². The van der Waals surface area contributed by atoms with Gasteiger partial charge < -0.3 is 10.2 Å². The van der Waals surface area contributed by atoms with Crippen LogP contribution in [0, 0.1) is 11.6 Å². The maximum Gasteiger partial charge on any atom is 0.335 e. The van der Waals surface area contributed by atoms with Gasteiger partial charge in [0.2, 0.25) is 0 Å². The van der Waals surface area contributed by atoms with Gasteiger partial charge in [0.1, 0.15) is 4.90 Å². The van der Waals surface area contributed by atoms with E-state index in [4.69, 9.17) is 16.7 Å². The first kappa shape index (κ1) is 20.6. The molecule has 150 valence electrons. The summed E-state index contributed by atoms with van der Waals surface area (Å²) in [6.45, 7) is 0. The highest BCUT2D eigenvalue weighted by atomic mass is 35.5. The Morgan fingerprint density at radius 2 is 1.66 bits per heavy atom. The molecular weight excluding hydrogens is 428 g/mol. The molecule has 0 saturated carbocycles. The van der Waals surface area contributed by atoms with Gasteiger partial charge in [-0.3, -0.25) is 4.72 Å². The lowest BCUT2D eigenvalue weighted by Gasteiger charge is -2.13. The summed E-state index contributed by atoms with van der Waals surface area (Å²) in [5.74, 6) is -5.19. The molecule has 0 unspecified atom stereocenters. The fraction of sp³-hybridized carbons (Fsp3) is 0. The summed E-state index contributed by atoms with van der Waals surface area (Å²) in [6.07, 6.45) is 0. The molecule has 0 bridgehead atoms. The molecule has 0 aliphatic rings. The first-order valence-corrected chi connectivity index (χ1v) is 9.79. The number of hydrogen-bond donors (Lipinski definition) is 3. The van der Waals surface area contributed by atoms with E-state index in [1.807, 2.05) is 4.72 Å². The van der Waals surface area contributed by atoms with Crippen molar-refractivity contribution in [3.63, 3.8) is 0 Å². The van der Waals surface area contributed by atoms with Crippen molar-refractivity contribution in [3.05, 3.63) is 76.8 Å². The van der Waals surface area contributed by atoms with E-state index in [9.17, 15) is 27.1 Å². The summed E-state index contributed by atoms with van der Waals surface area (Å²) in [6, 6.07) is 11.8. The van der Waals surface area contributed by atoms with Crippen LogP contribution in [-0.4, -0.2) is 24.6 Å². The molecule has 0 radical (unpaired) electrons. The predicted molar refractivity (Wildman–Crippen MR) is 103 cm³/mol. The number of anilines is 1. The van der Waals surface area contributed by atoms with Crippen molar-refractivity contribution in [2.45, 2.75) is 4.90 Å². The molecule has 0 spiro atoms. The second-order valence-electron chi connectivity index (χ2n) is 5.90. The predicted octanol–water partition coefficient (Wildman–Crippen LogP) is 4.49.